The van der Waals surface area contributed by atoms with Gasteiger partial charge in [-0.3, -0.25) is 9.59 Å². The first kappa shape index (κ1) is 14.7. The SMILES string of the molecule is O=C(Cn1ncc2ccccc2c1=O)N[C@H]1CCS(=O)(=O)C1. The first-order valence-electron chi connectivity index (χ1n) is 6.89. The fourth-order valence-corrected chi connectivity index (χ4v) is 4.23. The van der Waals surface area contributed by atoms with E-state index >= 15 is 0 Å². The number of carbonyl (C=O) groups excluding carboxylic acids is 1. The summed E-state index contributed by atoms with van der Waals surface area (Å²) in [6.07, 6.45) is 1.94. The van der Waals surface area contributed by atoms with E-state index in [2.05, 4.69) is 10.4 Å². The maximum atomic E-state index is 12.2. The standard InChI is InChI=1S/C14H15N3O4S/c18-13(16-11-5-6-22(20,21)9-11)8-17-14(19)12-4-2-1-3-10(12)7-15-17/h1-4,7,11H,5-6,8-9H2,(H,16,18)/t11-/m0/s1. The van der Waals surface area contributed by atoms with Gasteiger partial charge in [0.2, 0.25) is 5.91 Å². The average molecular weight is 321 g/mol. The second kappa shape index (κ2) is 5.53. The Balaban J connectivity index is 1.75. The minimum Gasteiger partial charge on any atom is -0.351 e. The molecule has 1 N–H and O–H groups in total. The summed E-state index contributed by atoms with van der Waals surface area (Å²) in [6, 6.07) is 6.63. The molecular weight excluding hydrogens is 306 g/mol. The molecule has 1 amide bonds. The van der Waals surface area contributed by atoms with Gasteiger partial charge in [0.25, 0.3) is 5.56 Å². The zero-order valence-corrected chi connectivity index (χ0v) is 12.5. The predicted molar refractivity (Wildman–Crippen MR) is 81.2 cm³/mol. The molecule has 7 nitrogen and oxygen atoms in total. The van der Waals surface area contributed by atoms with Crippen molar-refractivity contribution in [2.24, 2.45) is 0 Å². The molecule has 0 radical (unpaired) electrons. The number of sulfone groups is 1. The van der Waals surface area contributed by atoms with Crippen molar-refractivity contribution in [2.45, 2.75) is 19.0 Å². The van der Waals surface area contributed by atoms with Crippen LogP contribution < -0.4 is 10.9 Å². The van der Waals surface area contributed by atoms with Crippen LogP contribution in [0.1, 0.15) is 6.42 Å². The van der Waals surface area contributed by atoms with Crippen LogP contribution in [0.2, 0.25) is 0 Å². The molecule has 1 aliphatic heterocycles. The highest BCUT2D eigenvalue weighted by atomic mass is 32.2. The third kappa shape index (κ3) is 3.01. The van der Waals surface area contributed by atoms with Crippen LogP contribution in [-0.4, -0.2) is 41.7 Å². The van der Waals surface area contributed by atoms with E-state index in [1.165, 1.54) is 6.20 Å². The number of carbonyl (C=O) groups is 1. The molecule has 1 aromatic heterocycles. The van der Waals surface area contributed by atoms with Crippen LogP contribution in [0, 0.1) is 0 Å². The second-order valence-electron chi connectivity index (χ2n) is 5.36. The fourth-order valence-electron chi connectivity index (χ4n) is 2.56. The van der Waals surface area contributed by atoms with Gasteiger partial charge < -0.3 is 5.32 Å². The van der Waals surface area contributed by atoms with E-state index < -0.39 is 15.7 Å². The summed E-state index contributed by atoms with van der Waals surface area (Å²) in [5, 5.41) is 7.82. The zero-order valence-electron chi connectivity index (χ0n) is 11.7. The maximum Gasteiger partial charge on any atom is 0.275 e. The van der Waals surface area contributed by atoms with Gasteiger partial charge in [-0.2, -0.15) is 5.10 Å². The van der Waals surface area contributed by atoms with Crippen LogP contribution in [0.3, 0.4) is 0 Å². The minimum atomic E-state index is -3.05. The van der Waals surface area contributed by atoms with E-state index in [1.807, 2.05) is 0 Å². The first-order chi connectivity index (χ1) is 10.4. The van der Waals surface area contributed by atoms with E-state index in [4.69, 9.17) is 0 Å². The van der Waals surface area contributed by atoms with Gasteiger partial charge in [-0.05, 0) is 12.5 Å². The molecule has 3 rings (SSSR count). The summed E-state index contributed by atoms with van der Waals surface area (Å²) in [5.41, 5.74) is -0.340. The third-order valence-corrected chi connectivity index (χ3v) is 5.42. The number of fused-ring (bicyclic) bond motifs is 1. The van der Waals surface area contributed by atoms with Crippen molar-refractivity contribution < 1.29 is 13.2 Å². The smallest absolute Gasteiger partial charge is 0.275 e. The Morgan fingerprint density at radius 1 is 1.36 bits per heavy atom. The number of nitrogens with one attached hydrogen (secondary N) is 1. The summed E-state index contributed by atoms with van der Waals surface area (Å²) in [4.78, 5) is 24.2. The molecule has 1 aliphatic rings. The van der Waals surface area contributed by atoms with Crippen LogP contribution in [0.25, 0.3) is 10.8 Å². The van der Waals surface area contributed by atoms with Crippen LogP contribution in [0.4, 0.5) is 0 Å². The van der Waals surface area contributed by atoms with E-state index in [-0.39, 0.29) is 29.7 Å². The number of rotatable bonds is 3. The summed E-state index contributed by atoms with van der Waals surface area (Å²) in [5.74, 6) is -0.364. The molecule has 2 aromatic rings. The highest BCUT2D eigenvalue weighted by Gasteiger charge is 2.28. The number of hydrogen-bond donors (Lipinski definition) is 1. The van der Waals surface area contributed by atoms with Crippen molar-refractivity contribution >= 4 is 26.5 Å². The van der Waals surface area contributed by atoms with Crippen LogP contribution in [-0.2, 0) is 21.2 Å². The number of benzene rings is 1. The van der Waals surface area contributed by atoms with Gasteiger partial charge in [0.05, 0.1) is 23.1 Å². The van der Waals surface area contributed by atoms with Crippen LogP contribution in [0.5, 0.6) is 0 Å². The summed E-state index contributed by atoms with van der Waals surface area (Å²) in [6.45, 7) is -0.222. The van der Waals surface area contributed by atoms with E-state index in [9.17, 15) is 18.0 Å². The summed E-state index contributed by atoms with van der Waals surface area (Å²) < 4.78 is 23.8. The molecule has 116 valence electrons. The Kier molecular flexibility index (Phi) is 3.69. The quantitative estimate of drug-likeness (QED) is 0.837. The van der Waals surface area contributed by atoms with Gasteiger partial charge in [0.15, 0.2) is 9.84 Å². The number of nitrogens with zero attached hydrogens (tertiary/aromatic N) is 2. The number of amides is 1. The van der Waals surface area contributed by atoms with Crippen molar-refractivity contribution in [1.82, 2.24) is 15.1 Å². The molecule has 0 bridgehead atoms. The number of hydrogen-bond acceptors (Lipinski definition) is 5. The normalized spacial score (nSPS) is 20.1. The molecule has 0 aliphatic carbocycles. The van der Waals surface area contributed by atoms with Crippen LogP contribution in [0.15, 0.2) is 35.3 Å². The lowest BCUT2D eigenvalue weighted by molar-refractivity contribution is -0.122. The molecule has 0 unspecified atom stereocenters. The van der Waals surface area contributed by atoms with Crippen molar-refractivity contribution in [3.63, 3.8) is 0 Å². The van der Waals surface area contributed by atoms with Gasteiger partial charge in [-0.25, -0.2) is 13.1 Å². The molecule has 1 atom stereocenters. The largest absolute Gasteiger partial charge is 0.351 e. The van der Waals surface area contributed by atoms with Crippen molar-refractivity contribution in [3.8, 4) is 0 Å². The average Bonchev–Trinajstić information content (AvgIpc) is 2.81. The molecular formula is C14H15N3O4S. The highest BCUT2D eigenvalue weighted by Crippen LogP contribution is 2.11. The van der Waals surface area contributed by atoms with E-state index in [0.717, 1.165) is 4.68 Å². The van der Waals surface area contributed by atoms with Crippen molar-refractivity contribution in [2.75, 3.05) is 11.5 Å². The second-order valence-corrected chi connectivity index (χ2v) is 7.59. The molecule has 0 spiro atoms. The van der Waals surface area contributed by atoms with Crippen molar-refractivity contribution in [3.05, 3.63) is 40.8 Å². The Bertz CT molecular complexity index is 888. The van der Waals surface area contributed by atoms with Gasteiger partial charge >= 0.3 is 0 Å². The van der Waals surface area contributed by atoms with E-state index in [1.54, 1.807) is 24.3 Å². The van der Waals surface area contributed by atoms with Gasteiger partial charge in [-0.1, -0.05) is 18.2 Å². The molecule has 2 heterocycles. The maximum absolute atomic E-state index is 12.2. The fraction of sp³-hybridized carbons (Fsp3) is 0.357. The highest BCUT2D eigenvalue weighted by molar-refractivity contribution is 7.91. The van der Waals surface area contributed by atoms with Gasteiger partial charge in [-0.15, -0.1) is 0 Å². The Hall–Kier alpha value is -2.22. The molecule has 1 saturated heterocycles. The topological polar surface area (TPSA) is 98.1 Å². The lowest BCUT2D eigenvalue weighted by atomic mass is 10.2. The Morgan fingerprint density at radius 3 is 2.86 bits per heavy atom. The Morgan fingerprint density at radius 2 is 2.14 bits per heavy atom. The van der Waals surface area contributed by atoms with Gasteiger partial charge in [0.1, 0.15) is 6.54 Å². The molecule has 1 aromatic carbocycles. The van der Waals surface area contributed by atoms with Gasteiger partial charge in [0, 0.05) is 11.4 Å². The van der Waals surface area contributed by atoms with Crippen LogP contribution >= 0.6 is 0 Å². The molecule has 0 saturated carbocycles. The summed E-state index contributed by atoms with van der Waals surface area (Å²) >= 11 is 0. The third-order valence-electron chi connectivity index (χ3n) is 3.65. The molecule has 22 heavy (non-hydrogen) atoms. The lowest BCUT2D eigenvalue weighted by Gasteiger charge is -2.11. The monoisotopic (exact) mass is 321 g/mol. The Labute approximate surface area is 126 Å². The first-order valence-corrected chi connectivity index (χ1v) is 8.71. The van der Waals surface area contributed by atoms with Crippen molar-refractivity contribution in [1.29, 1.82) is 0 Å². The summed E-state index contributed by atoms with van der Waals surface area (Å²) in [7, 11) is -3.05. The lowest BCUT2D eigenvalue weighted by Crippen LogP contribution is -2.40. The predicted octanol–water partition coefficient (Wildman–Crippen LogP) is -0.300. The molecule has 1 fully saturated rings. The minimum absolute atomic E-state index is 0.0429. The number of aromatic nitrogens is 2. The van der Waals surface area contributed by atoms with E-state index in [0.29, 0.717) is 17.2 Å². The molecule has 8 heteroatoms. The zero-order chi connectivity index (χ0) is 15.7.